The summed E-state index contributed by atoms with van der Waals surface area (Å²) in [4.78, 5) is 2.45. The summed E-state index contributed by atoms with van der Waals surface area (Å²) in [6.07, 6.45) is 1.03. The van der Waals surface area contributed by atoms with E-state index in [1.54, 1.807) is 6.07 Å². The van der Waals surface area contributed by atoms with Crippen LogP contribution in [0.15, 0.2) is 18.2 Å². The predicted molar refractivity (Wildman–Crippen MR) is 83.1 cm³/mol. The summed E-state index contributed by atoms with van der Waals surface area (Å²) in [7, 11) is 0. The molecule has 1 aliphatic rings. The maximum absolute atomic E-state index is 13.6. The zero-order chi connectivity index (χ0) is 12.3. The molecule has 1 aliphatic heterocycles. The molecular formula is C14H23Cl2FN2. The Hall–Kier alpha value is -0.350. The van der Waals surface area contributed by atoms with Gasteiger partial charge in [0, 0.05) is 32.2 Å². The summed E-state index contributed by atoms with van der Waals surface area (Å²) in [5.74, 6) is -0.0870. The largest absolute Gasteiger partial charge is 0.314 e. The van der Waals surface area contributed by atoms with E-state index >= 15 is 0 Å². The van der Waals surface area contributed by atoms with Crippen LogP contribution < -0.4 is 5.32 Å². The third-order valence-corrected chi connectivity index (χ3v) is 3.56. The van der Waals surface area contributed by atoms with Crippen LogP contribution in [0.2, 0.25) is 0 Å². The van der Waals surface area contributed by atoms with Crippen LogP contribution in [0.1, 0.15) is 30.5 Å². The molecule has 0 amide bonds. The molecule has 1 heterocycles. The molecule has 0 unspecified atom stereocenters. The van der Waals surface area contributed by atoms with Gasteiger partial charge in [0.15, 0.2) is 0 Å². The van der Waals surface area contributed by atoms with Gasteiger partial charge < -0.3 is 5.32 Å². The molecule has 2 rings (SSSR count). The zero-order valence-electron chi connectivity index (χ0n) is 11.5. The average Bonchev–Trinajstić information content (AvgIpc) is 2.36. The van der Waals surface area contributed by atoms with E-state index < -0.39 is 0 Å². The number of benzene rings is 1. The van der Waals surface area contributed by atoms with Crippen molar-refractivity contribution in [1.29, 1.82) is 0 Å². The van der Waals surface area contributed by atoms with Gasteiger partial charge in [0.25, 0.3) is 0 Å². The lowest BCUT2D eigenvalue weighted by molar-refractivity contribution is 0.169. The Kier molecular flexibility index (Phi) is 8.59. The summed E-state index contributed by atoms with van der Waals surface area (Å²) in [5.41, 5.74) is 1.83. The van der Waals surface area contributed by atoms with Gasteiger partial charge in [-0.25, -0.2) is 4.39 Å². The standard InChI is InChI=1S/C14H21FN2.2ClH/c1-3-14(17-8-6-16-7-9-17)12-5-4-11(2)13(15)10-12;;/h4-5,10,14,16H,3,6-9H2,1-2H3;2*1H/t14-;;/m0../s1. The fourth-order valence-electron chi connectivity index (χ4n) is 2.51. The normalized spacial score (nSPS) is 17.2. The van der Waals surface area contributed by atoms with Crippen LogP contribution in [0.25, 0.3) is 0 Å². The van der Waals surface area contributed by atoms with Crippen LogP contribution in [0.5, 0.6) is 0 Å². The molecule has 0 radical (unpaired) electrons. The van der Waals surface area contributed by atoms with Crippen LogP contribution in [0.3, 0.4) is 0 Å². The van der Waals surface area contributed by atoms with Crippen molar-refractivity contribution in [1.82, 2.24) is 10.2 Å². The van der Waals surface area contributed by atoms with Gasteiger partial charge in [-0.05, 0) is 30.5 Å². The number of piperazine rings is 1. The van der Waals surface area contributed by atoms with Crippen LogP contribution in [0, 0.1) is 12.7 Å². The Balaban J connectivity index is 0.00000162. The molecule has 110 valence electrons. The second kappa shape index (κ2) is 8.75. The van der Waals surface area contributed by atoms with Crippen molar-refractivity contribution < 1.29 is 4.39 Å². The van der Waals surface area contributed by atoms with Crippen molar-refractivity contribution in [2.45, 2.75) is 26.3 Å². The SMILES string of the molecule is CC[C@@H](c1ccc(C)c(F)c1)N1CCNCC1.Cl.Cl. The van der Waals surface area contributed by atoms with Gasteiger partial charge in [-0.15, -0.1) is 24.8 Å². The van der Waals surface area contributed by atoms with E-state index in [4.69, 9.17) is 0 Å². The molecular weight excluding hydrogens is 286 g/mol. The summed E-state index contributed by atoms with van der Waals surface area (Å²) >= 11 is 0. The van der Waals surface area contributed by atoms with Crippen molar-refractivity contribution in [3.8, 4) is 0 Å². The average molecular weight is 309 g/mol. The number of nitrogens with zero attached hydrogens (tertiary/aromatic N) is 1. The minimum absolute atomic E-state index is 0. The molecule has 2 nitrogen and oxygen atoms in total. The minimum Gasteiger partial charge on any atom is -0.314 e. The molecule has 19 heavy (non-hydrogen) atoms. The predicted octanol–water partition coefficient (Wildman–Crippen LogP) is 3.33. The highest BCUT2D eigenvalue weighted by Crippen LogP contribution is 2.25. The van der Waals surface area contributed by atoms with Crippen LogP contribution in [0.4, 0.5) is 4.39 Å². The van der Waals surface area contributed by atoms with Crippen LogP contribution >= 0.6 is 24.8 Å². The van der Waals surface area contributed by atoms with Gasteiger partial charge in [-0.2, -0.15) is 0 Å². The Bertz CT molecular complexity index is 382. The number of hydrogen-bond acceptors (Lipinski definition) is 2. The highest BCUT2D eigenvalue weighted by molar-refractivity contribution is 5.85. The number of nitrogens with one attached hydrogen (secondary N) is 1. The Morgan fingerprint density at radius 2 is 1.89 bits per heavy atom. The first kappa shape index (κ1) is 18.7. The highest BCUT2D eigenvalue weighted by atomic mass is 35.5. The van der Waals surface area contributed by atoms with E-state index in [9.17, 15) is 4.39 Å². The summed E-state index contributed by atoms with van der Waals surface area (Å²) in [5, 5.41) is 3.35. The van der Waals surface area contributed by atoms with Gasteiger partial charge in [0.05, 0.1) is 0 Å². The smallest absolute Gasteiger partial charge is 0.126 e. The molecule has 0 bridgehead atoms. The minimum atomic E-state index is -0.0870. The number of halogens is 3. The molecule has 1 aromatic carbocycles. The highest BCUT2D eigenvalue weighted by Gasteiger charge is 2.20. The molecule has 0 spiro atoms. The second-order valence-corrected chi connectivity index (χ2v) is 4.72. The lowest BCUT2D eigenvalue weighted by atomic mass is 10.0. The fourth-order valence-corrected chi connectivity index (χ4v) is 2.51. The Morgan fingerprint density at radius 1 is 1.26 bits per heavy atom. The molecule has 5 heteroatoms. The second-order valence-electron chi connectivity index (χ2n) is 4.72. The molecule has 0 aliphatic carbocycles. The summed E-state index contributed by atoms with van der Waals surface area (Å²) < 4.78 is 13.6. The summed E-state index contributed by atoms with van der Waals surface area (Å²) in [6, 6.07) is 6.00. The first-order chi connectivity index (χ1) is 8.22. The lowest BCUT2D eigenvalue weighted by Crippen LogP contribution is -2.45. The van der Waals surface area contributed by atoms with Gasteiger partial charge >= 0.3 is 0 Å². The maximum atomic E-state index is 13.6. The van der Waals surface area contributed by atoms with Crippen molar-refractivity contribution in [2.24, 2.45) is 0 Å². The van der Waals surface area contributed by atoms with E-state index in [1.807, 2.05) is 13.0 Å². The van der Waals surface area contributed by atoms with E-state index in [2.05, 4.69) is 23.2 Å². The number of hydrogen-bond donors (Lipinski definition) is 1. The first-order valence-corrected chi connectivity index (χ1v) is 6.43. The molecule has 0 saturated carbocycles. The number of rotatable bonds is 3. The van der Waals surface area contributed by atoms with Crippen LogP contribution in [-0.4, -0.2) is 31.1 Å². The first-order valence-electron chi connectivity index (χ1n) is 6.43. The third-order valence-electron chi connectivity index (χ3n) is 3.56. The number of aryl methyl sites for hydroxylation is 1. The van der Waals surface area contributed by atoms with Gasteiger partial charge in [-0.1, -0.05) is 19.1 Å². The van der Waals surface area contributed by atoms with Crippen molar-refractivity contribution in [2.75, 3.05) is 26.2 Å². The fraction of sp³-hybridized carbons (Fsp3) is 0.571. The Labute approximate surface area is 127 Å². The molecule has 1 N–H and O–H groups in total. The van der Waals surface area contributed by atoms with Crippen LogP contribution in [-0.2, 0) is 0 Å². The molecule has 1 atom stereocenters. The van der Waals surface area contributed by atoms with E-state index in [-0.39, 0.29) is 30.6 Å². The molecule has 1 saturated heterocycles. The molecule has 1 aromatic rings. The van der Waals surface area contributed by atoms with E-state index in [0.29, 0.717) is 6.04 Å². The molecule has 1 fully saturated rings. The summed E-state index contributed by atoms with van der Waals surface area (Å²) in [6.45, 7) is 8.15. The topological polar surface area (TPSA) is 15.3 Å². The monoisotopic (exact) mass is 308 g/mol. The van der Waals surface area contributed by atoms with E-state index in [1.165, 1.54) is 0 Å². The lowest BCUT2D eigenvalue weighted by Gasteiger charge is -2.34. The van der Waals surface area contributed by atoms with E-state index in [0.717, 1.165) is 43.7 Å². The zero-order valence-corrected chi connectivity index (χ0v) is 13.1. The van der Waals surface area contributed by atoms with Crippen molar-refractivity contribution in [3.05, 3.63) is 35.1 Å². The molecule has 0 aromatic heterocycles. The van der Waals surface area contributed by atoms with Gasteiger partial charge in [0.1, 0.15) is 5.82 Å². The van der Waals surface area contributed by atoms with Crippen molar-refractivity contribution >= 4 is 24.8 Å². The maximum Gasteiger partial charge on any atom is 0.126 e. The van der Waals surface area contributed by atoms with Crippen molar-refractivity contribution in [3.63, 3.8) is 0 Å². The Morgan fingerprint density at radius 3 is 2.42 bits per heavy atom. The van der Waals surface area contributed by atoms with Gasteiger partial charge in [0.2, 0.25) is 0 Å². The quantitative estimate of drug-likeness (QED) is 0.921. The van der Waals surface area contributed by atoms with Gasteiger partial charge in [-0.3, -0.25) is 4.90 Å². The third kappa shape index (κ3) is 4.60.